The Labute approximate surface area is 98.7 Å². The second-order valence-electron chi connectivity index (χ2n) is 4.60. The third kappa shape index (κ3) is 2.45. The molecule has 1 N–H and O–H groups in total. The van der Waals surface area contributed by atoms with Crippen LogP contribution in [-0.2, 0) is 0 Å². The van der Waals surface area contributed by atoms with Gasteiger partial charge in [-0.3, -0.25) is 4.90 Å². The minimum atomic E-state index is 0.597. The predicted molar refractivity (Wildman–Crippen MR) is 68.5 cm³/mol. The Hall–Kier alpha value is -0.860. The molecule has 1 aliphatic heterocycles. The topological polar surface area (TPSA) is 15.3 Å². The fourth-order valence-corrected chi connectivity index (χ4v) is 2.69. The summed E-state index contributed by atoms with van der Waals surface area (Å²) in [7, 11) is 2.07. The standard InChI is InChI=1S/C14H22N2/c1-3-14(12-7-5-4-6-8-12)16-10-9-13(11-16)15-2/h4-8,13-15H,3,9-11H2,1-2H3/t13-,14-/m0/s1. The normalized spacial score (nSPS) is 23.5. The maximum Gasteiger partial charge on any atom is 0.0346 e. The Kier molecular flexibility index (Phi) is 3.97. The average molecular weight is 218 g/mol. The van der Waals surface area contributed by atoms with Crippen molar-refractivity contribution >= 4 is 0 Å². The van der Waals surface area contributed by atoms with Crippen LogP contribution in [0.15, 0.2) is 30.3 Å². The molecule has 2 nitrogen and oxygen atoms in total. The van der Waals surface area contributed by atoms with E-state index in [4.69, 9.17) is 0 Å². The molecule has 1 aliphatic rings. The van der Waals surface area contributed by atoms with Gasteiger partial charge in [0.25, 0.3) is 0 Å². The number of benzene rings is 1. The first-order chi connectivity index (χ1) is 7.85. The van der Waals surface area contributed by atoms with E-state index < -0.39 is 0 Å². The molecule has 0 bridgehead atoms. The zero-order valence-corrected chi connectivity index (χ0v) is 10.3. The molecule has 0 radical (unpaired) electrons. The van der Waals surface area contributed by atoms with Crippen molar-refractivity contribution in [2.45, 2.75) is 31.8 Å². The third-order valence-electron chi connectivity index (χ3n) is 3.64. The first-order valence-corrected chi connectivity index (χ1v) is 6.31. The summed E-state index contributed by atoms with van der Waals surface area (Å²) in [6, 6.07) is 12.2. The molecule has 1 saturated heterocycles. The number of likely N-dealkylation sites (N-methyl/N-ethyl adjacent to an activating group) is 1. The van der Waals surface area contributed by atoms with Crippen LogP contribution in [0.1, 0.15) is 31.4 Å². The second-order valence-corrected chi connectivity index (χ2v) is 4.60. The van der Waals surface area contributed by atoms with Gasteiger partial charge in [0.05, 0.1) is 0 Å². The van der Waals surface area contributed by atoms with Crippen LogP contribution in [0.3, 0.4) is 0 Å². The molecule has 1 aromatic carbocycles. The Bertz CT molecular complexity index is 310. The van der Waals surface area contributed by atoms with Crippen LogP contribution in [0, 0.1) is 0 Å². The lowest BCUT2D eigenvalue weighted by Gasteiger charge is -2.27. The predicted octanol–water partition coefficient (Wildman–Crippen LogP) is 2.43. The monoisotopic (exact) mass is 218 g/mol. The molecule has 0 unspecified atom stereocenters. The van der Waals surface area contributed by atoms with Gasteiger partial charge in [-0.1, -0.05) is 37.3 Å². The second kappa shape index (κ2) is 5.46. The maximum atomic E-state index is 3.38. The summed E-state index contributed by atoms with van der Waals surface area (Å²) in [5.74, 6) is 0. The largest absolute Gasteiger partial charge is 0.316 e. The van der Waals surface area contributed by atoms with Crippen molar-refractivity contribution in [3.05, 3.63) is 35.9 Å². The van der Waals surface area contributed by atoms with Crippen molar-refractivity contribution in [2.75, 3.05) is 20.1 Å². The number of nitrogens with one attached hydrogen (secondary N) is 1. The Morgan fingerprint density at radius 1 is 1.38 bits per heavy atom. The van der Waals surface area contributed by atoms with E-state index in [0.717, 1.165) is 0 Å². The summed E-state index contributed by atoms with van der Waals surface area (Å²) >= 11 is 0. The van der Waals surface area contributed by atoms with Gasteiger partial charge in [0.15, 0.2) is 0 Å². The highest BCUT2D eigenvalue weighted by molar-refractivity contribution is 5.19. The van der Waals surface area contributed by atoms with Gasteiger partial charge >= 0.3 is 0 Å². The molecule has 1 aromatic rings. The molecule has 0 saturated carbocycles. The van der Waals surface area contributed by atoms with E-state index in [2.05, 4.69) is 54.5 Å². The van der Waals surface area contributed by atoms with E-state index in [1.54, 1.807) is 0 Å². The van der Waals surface area contributed by atoms with Crippen LogP contribution in [0.25, 0.3) is 0 Å². The van der Waals surface area contributed by atoms with Gasteiger partial charge in [0.1, 0.15) is 0 Å². The summed E-state index contributed by atoms with van der Waals surface area (Å²) < 4.78 is 0. The molecule has 2 heteroatoms. The maximum absolute atomic E-state index is 3.38. The van der Waals surface area contributed by atoms with Crippen LogP contribution in [0.5, 0.6) is 0 Å². The first-order valence-electron chi connectivity index (χ1n) is 6.31. The molecular formula is C14H22N2. The quantitative estimate of drug-likeness (QED) is 0.835. The van der Waals surface area contributed by atoms with Crippen molar-refractivity contribution in [3.8, 4) is 0 Å². The lowest BCUT2D eigenvalue weighted by Crippen LogP contribution is -2.31. The molecule has 0 aliphatic carbocycles. The van der Waals surface area contributed by atoms with Crippen LogP contribution < -0.4 is 5.32 Å². The minimum Gasteiger partial charge on any atom is -0.316 e. The van der Waals surface area contributed by atoms with Gasteiger partial charge in [-0.25, -0.2) is 0 Å². The summed E-state index contributed by atoms with van der Waals surface area (Å²) in [4.78, 5) is 2.61. The fraction of sp³-hybridized carbons (Fsp3) is 0.571. The van der Waals surface area contributed by atoms with E-state index in [0.29, 0.717) is 12.1 Å². The van der Waals surface area contributed by atoms with Crippen molar-refractivity contribution in [3.63, 3.8) is 0 Å². The first kappa shape index (κ1) is 11.6. The molecule has 2 atom stereocenters. The van der Waals surface area contributed by atoms with E-state index in [-0.39, 0.29) is 0 Å². The highest BCUT2D eigenvalue weighted by atomic mass is 15.2. The number of hydrogen-bond acceptors (Lipinski definition) is 2. The van der Waals surface area contributed by atoms with E-state index in [1.807, 2.05) is 0 Å². The highest BCUT2D eigenvalue weighted by Gasteiger charge is 2.26. The zero-order valence-electron chi connectivity index (χ0n) is 10.3. The van der Waals surface area contributed by atoms with Crippen LogP contribution in [-0.4, -0.2) is 31.1 Å². The van der Waals surface area contributed by atoms with Gasteiger partial charge in [0, 0.05) is 25.2 Å². The lowest BCUT2D eigenvalue weighted by molar-refractivity contribution is 0.234. The molecule has 1 fully saturated rings. The summed E-state index contributed by atoms with van der Waals surface area (Å²) in [5.41, 5.74) is 1.46. The van der Waals surface area contributed by atoms with Crippen molar-refractivity contribution in [1.29, 1.82) is 0 Å². The van der Waals surface area contributed by atoms with E-state index in [1.165, 1.54) is 31.5 Å². The molecule has 2 rings (SSSR count). The Morgan fingerprint density at radius 2 is 2.12 bits per heavy atom. The van der Waals surface area contributed by atoms with Crippen molar-refractivity contribution in [2.24, 2.45) is 0 Å². The van der Waals surface area contributed by atoms with Crippen molar-refractivity contribution < 1.29 is 0 Å². The Morgan fingerprint density at radius 3 is 2.69 bits per heavy atom. The van der Waals surface area contributed by atoms with Crippen molar-refractivity contribution in [1.82, 2.24) is 10.2 Å². The average Bonchev–Trinajstić information content (AvgIpc) is 2.80. The van der Waals surface area contributed by atoms with Gasteiger partial charge in [0.2, 0.25) is 0 Å². The van der Waals surface area contributed by atoms with Gasteiger partial charge in [-0.05, 0) is 25.5 Å². The summed E-state index contributed by atoms with van der Waals surface area (Å²) in [6.07, 6.45) is 2.47. The fourth-order valence-electron chi connectivity index (χ4n) is 2.69. The van der Waals surface area contributed by atoms with Crippen LogP contribution in [0.4, 0.5) is 0 Å². The zero-order chi connectivity index (χ0) is 11.4. The molecule has 0 spiro atoms. The van der Waals surface area contributed by atoms with Crippen LogP contribution >= 0.6 is 0 Å². The lowest BCUT2D eigenvalue weighted by atomic mass is 10.0. The molecular weight excluding hydrogens is 196 g/mol. The molecule has 0 aromatic heterocycles. The summed E-state index contributed by atoms with van der Waals surface area (Å²) in [5, 5.41) is 3.38. The molecule has 1 heterocycles. The van der Waals surface area contributed by atoms with E-state index in [9.17, 15) is 0 Å². The molecule has 88 valence electrons. The number of nitrogens with zero attached hydrogens (tertiary/aromatic N) is 1. The molecule has 0 amide bonds. The van der Waals surface area contributed by atoms with Crippen LogP contribution in [0.2, 0.25) is 0 Å². The number of rotatable bonds is 4. The highest BCUT2D eigenvalue weighted by Crippen LogP contribution is 2.27. The number of likely N-dealkylation sites (tertiary alicyclic amines) is 1. The van der Waals surface area contributed by atoms with Gasteiger partial charge in [-0.15, -0.1) is 0 Å². The van der Waals surface area contributed by atoms with E-state index >= 15 is 0 Å². The van der Waals surface area contributed by atoms with Gasteiger partial charge < -0.3 is 5.32 Å². The number of hydrogen-bond donors (Lipinski definition) is 1. The van der Waals surface area contributed by atoms with Gasteiger partial charge in [-0.2, -0.15) is 0 Å². The smallest absolute Gasteiger partial charge is 0.0346 e. The third-order valence-corrected chi connectivity index (χ3v) is 3.64. The Balaban J connectivity index is 2.06. The summed E-state index contributed by atoms with van der Waals surface area (Å²) in [6.45, 7) is 4.69. The SMILES string of the molecule is CC[C@@H](c1ccccc1)N1CC[C@H](NC)C1. The minimum absolute atomic E-state index is 0.597. The molecule has 16 heavy (non-hydrogen) atoms.